The Balaban J connectivity index is 1.72. The predicted octanol–water partition coefficient (Wildman–Crippen LogP) is 0.929. The second kappa shape index (κ2) is 6.53. The van der Waals surface area contributed by atoms with Crippen molar-refractivity contribution in [1.82, 2.24) is 15.1 Å². The van der Waals surface area contributed by atoms with Gasteiger partial charge in [0.05, 0.1) is 0 Å². The minimum absolute atomic E-state index is 0.365. The maximum atomic E-state index is 12.2. The molecule has 2 aliphatic heterocycles. The lowest BCUT2D eigenvalue weighted by Gasteiger charge is -2.39. The molecule has 1 N–H and O–H groups in total. The minimum atomic E-state index is 0.365. The number of nitrogens with zero attached hydrogens (tertiary/aromatic N) is 2. The monoisotopic (exact) mass is 253 g/mol. The van der Waals surface area contributed by atoms with Crippen LogP contribution in [0.15, 0.2) is 0 Å². The molecule has 2 unspecified atom stereocenters. The second-order valence-corrected chi connectivity index (χ2v) is 5.71. The molecule has 2 fully saturated rings. The van der Waals surface area contributed by atoms with Gasteiger partial charge in [-0.25, -0.2) is 0 Å². The number of hydrogen-bond acceptors (Lipinski definition) is 3. The number of rotatable bonds is 4. The van der Waals surface area contributed by atoms with Gasteiger partial charge in [-0.15, -0.1) is 0 Å². The van der Waals surface area contributed by atoms with Gasteiger partial charge in [-0.05, 0) is 45.3 Å². The first-order chi connectivity index (χ1) is 8.70. The van der Waals surface area contributed by atoms with Crippen LogP contribution in [-0.4, -0.2) is 61.0 Å². The Kier molecular flexibility index (Phi) is 5.01. The summed E-state index contributed by atoms with van der Waals surface area (Å²) in [6, 6.07) is 0.515. The normalized spacial score (nSPS) is 29.8. The molecule has 1 amide bonds. The zero-order valence-electron chi connectivity index (χ0n) is 11.8. The van der Waals surface area contributed by atoms with Crippen LogP contribution in [0.2, 0.25) is 0 Å². The molecule has 2 atom stereocenters. The van der Waals surface area contributed by atoms with Crippen molar-refractivity contribution >= 4 is 5.91 Å². The summed E-state index contributed by atoms with van der Waals surface area (Å²) in [6.07, 6.45) is 3.05. The summed E-state index contributed by atoms with van der Waals surface area (Å²) in [4.78, 5) is 16.7. The van der Waals surface area contributed by atoms with Gasteiger partial charge < -0.3 is 10.2 Å². The van der Waals surface area contributed by atoms with E-state index in [1.807, 2.05) is 0 Å². The Morgan fingerprint density at radius 1 is 1.39 bits per heavy atom. The Morgan fingerprint density at radius 3 is 2.83 bits per heavy atom. The van der Waals surface area contributed by atoms with E-state index in [4.69, 9.17) is 0 Å². The van der Waals surface area contributed by atoms with Crippen LogP contribution in [0.5, 0.6) is 0 Å². The molecule has 2 saturated heterocycles. The van der Waals surface area contributed by atoms with Gasteiger partial charge >= 0.3 is 0 Å². The van der Waals surface area contributed by atoms with Gasteiger partial charge in [0.2, 0.25) is 5.91 Å². The van der Waals surface area contributed by atoms with E-state index in [9.17, 15) is 4.79 Å². The Morgan fingerprint density at radius 2 is 2.22 bits per heavy atom. The van der Waals surface area contributed by atoms with Crippen molar-refractivity contribution in [2.24, 2.45) is 5.92 Å². The lowest BCUT2D eigenvalue weighted by molar-refractivity contribution is -0.134. The second-order valence-electron chi connectivity index (χ2n) is 5.71. The van der Waals surface area contributed by atoms with Crippen molar-refractivity contribution < 1.29 is 4.79 Å². The molecule has 2 aliphatic rings. The van der Waals surface area contributed by atoms with Crippen LogP contribution in [0.1, 0.15) is 33.1 Å². The average Bonchev–Trinajstić information content (AvgIpc) is 2.89. The SMILES string of the molecule is CCN1CCN(C(=O)CCC2CCNC2)CC1C. The number of carbonyl (C=O) groups excluding carboxylic acids is 1. The standard InChI is InChI=1S/C14H27N3O/c1-3-16-8-9-17(11-12(16)2)14(18)5-4-13-6-7-15-10-13/h12-13,15H,3-11H2,1-2H3. The lowest BCUT2D eigenvalue weighted by Crippen LogP contribution is -2.53. The van der Waals surface area contributed by atoms with Crippen LogP contribution in [0.25, 0.3) is 0 Å². The van der Waals surface area contributed by atoms with Crippen LogP contribution in [0.3, 0.4) is 0 Å². The third kappa shape index (κ3) is 3.45. The summed E-state index contributed by atoms with van der Waals surface area (Å²) < 4.78 is 0. The molecule has 0 radical (unpaired) electrons. The molecule has 4 nitrogen and oxygen atoms in total. The fourth-order valence-electron chi connectivity index (χ4n) is 3.14. The number of nitrogens with one attached hydrogen (secondary N) is 1. The molecule has 0 aromatic carbocycles. The van der Waals surface area contributed by atoms with Gasteiger partial charge in [0.25, 0.3) is 0 Å². The molecule has 0 aliphatic carbocycles. The van der Waals surface area contributed by atoms with Crippen molar-refractivity contribution in [1.29, 1.82) is 0 Å². The zero-order valence-corrected chi connectivity index (χ0v) is 11.8. The van der Waals surface area contributed by atoms with E-state index in [1.165, 1.54) is 6.42 Å². The van der Waals surface area contributed by atoms with E-state index >= 15 is 0 Å². The highest BCUT2D eigenvalue weighted by Crippen LogP contribution is 2.16. The van der Waals surface area contributed by atoms with E-state index in [1.54, 1.807) is 0 Å². The molecular weight excluding hydrogens is 226 g/mol. The van der Waals surface area contributed by atoms with Crippen LogP contribution < -0.4 is 5.32 Å². The maximum Gasteiger partial charge on any atom is 0.222 e. The van der Waals surface area contributed by atoms with E-state index in [0.29, 0.717) is 11.9 Å². The highest BCUT2D eigenvalue weighted by molar-refractivity contribution is 5.76. The highest BCUT2D eigenvalue weighted by Gasteiger charge is 2.26. The molecule has 2 rings (SSSR count). The van der Waals surface area contributed by atoms with Gasteiger partial charge in [-0.1, -0.05) is 6.92 Å². The molecule has 0 aromatic rings. The molecule has 18 heavy (non-hydrogen) atoms. The van der Waals surface area contributed by atoms with E-state index in [0.717, 1.165) is 58.0 Å². The predicted molar refractivity (Wildman–Crippen MR) is 73.5 cm³/mol. The van der Waals surface area contributed by atoms with E-state index in [-0.39, 0.29) is 0 Å². The van der Waals surface area contributed by atoms with Crippen LogP contribution in [0, 0.1) is 5.92 Å². The smallest absolute Gasteiger partial charge is 0.222 e. The van der Waals surface area contributed by atoms with Crippen molar-refractivity contribution in [3.63, 3.8) is 0 Å². The zero-order chi connectivity index (χ0) is 13.0. The highest BCUT2D eigenvalue weighted by atomic mass is 16.2. The number of piperazine rings is 1. The minimum Gasteiger partial charge on any atom is -0.340 e. The third-order valence-corrected chi connectivity index (χ3v) is 4.45. The quantitative estimate of drug-likeness (QED) is 0.809. The maximum absolute atomic E-state index is 12.2. The molecular formula is C14H27N3O. The molecule has 2 heterocycles. The van der Waals surface area contributed by atoms with Gasteiger partial charge in [-0.2, -0.15) is 0 Å². The van der Waals surface area contributed by atoms with Crippen molar-refractivity contribution in [3.8, 4) is 0 Å². The fraction of sp³-hybridized carbons (Fsp3) is 0.929. The molecule has 0 bridgehead atoms. The average molecular weight is 253 g/mol. The molecule has 0 saturated carbocycles. The van der Waals surface area contributed by atoms with Gasteiger partial charge in [0.1, 0.15) is 0 Å². The summed E-state index contributed by atoms with van der Waals surface area (Å²) >= 11 is 0. The molecule has 4 heteroatoms. The lowest BCUT2D eigenvalue weighted by atomic mass is 10.0. The number of amides is 1. The summed E-state index contributed by atoms with van der Waals surface area (Å²) in [7, 11) is 0. The van der Waals surface area contributed by atoms with E-state index < -0.39 is 0 Å². The molecule has 0 aromatic heterocycles. The number of likely N-dealkylation sites (N-methyl/N-ethyl adjacent to an activating group) is 1. The van der Waals surface area contributed by atoms with Crippen molar-refractivity contribution in [3.05, 3.63) is 0 Å². The molecule has 0 spiro atoms. The first-order valence-corrected chi connectivity index (χ1v) is 7.43. The summed E-state index contributed by atoms with van der Waals surface area (Å²) in [5, 5.41) is 3.36. The van der Waals surface area contributed by atoms with Crippen molar-refractivity contribution in [2.75, 3.05) is 39.3 Å². The number of hydrogen-bond donors (Lipinski definition) is 1. The fourth-order valence-corrected chi connectivity index (χ4v) is 3.14. The topological polar surface area (TPSA) is 35.6 Å². The summed E-state index contributed by atoms with van der Waals surface area (Å²) in [6.45, 7) is 10.6. The van der Waals surface area contributed by atoms with Crippen LogP contribution >= 0.6 is 0 Å². The Bertz CT molecular complexity index is 276. The first-order valence-electron chi connectivity index (χ1n) is 7.43. The number of carbonyl (C=O) groups is 1. The van der Waals surface area contributed by atoms with Gasteiger partial charge in [0, 0.05) is 32.1 Å². The van der Waals surface area contributed by atoms with Crippen LogP contribution in [-0.2, 0) is 4.79 Å². The largest absolute Gasteiger partial charge is 0.340 e. The summed E-state index contributed by atoms with van der Waals surface area (Å²) in [5.41, 5.74) is 0. The first kappa shape index (κ1) is 13.8. The van der Waals surface area contributed by atoms with Gasteiger partial charge in [-0.3, -0.25) is 9.69 Å². The van der Waals surface area contributed by atoms with E-state index in [2.05, 4.69) is 29.0 Å². The van der Waals surface area contributed by atoms with Crippen LogP contribution in [0.4, 0.5) is 0 Å². The van der Waals surface area contributed by atoms with Crippen molar-refractivity contribution in [2.45, 2.75) is 39.2 Å². The Hall–Kier alpha value is -0.610. The Labute approximate surface area is 111 Å². The molecule has 104 valence electrons. The summed E-state index contributed by atoms with van der Waals surface area (Å²) in [5.74, 6) is 1.09. The third-order valence-electron chi connectivity index (χ3n) is 4.45. The van der Waals surface area contributed by atoms with Gasteiger partial charge in [0.15, 0.2) is 0 Å².